The van der Waals surface area contributed by atoms with Crippen LogP contribution in [0.1, 0.15) is 26.7 Å². The molecule has 2 unspecified atom stereocenters. The highest BCUT2D eigenvalue weighted by Crippen LogP contribution is 2.37. The summed E-state index contributed by atoms with van der Waals surface area (Å²) in [5.41, 5.74) is 0. The van der Waals surface area contributed by atoms with Gasteiger partial charge in [-0.05, 0) is 46.7 Å². The van der Waals surface area contributed by atoms with Crippen molar-refractivity contribution >= 4 is 5.95 Å². The molecular formula is C17H28FN5. The van der Waals surface area contributed by atoms with Gasteiger partial charge in [-0.2, -0.15) is 0 Å². The lowest BCUT2D eigenvalue weighted by Gasteiger charge is -2.40. The lowest BCUT2D eigenvalue weighted by Crippen LogP contribution is -2.50. The average molecular weight is 321 g/mol. The van der Waals surface area contributed by atoms with Crippen molar-refractivity contribution in [1.82, 2.24) is 19.8 Å². The van der Waals surface area contributed by atoms with Crippen molar-refractivity contribution in [3.05, 3.63) is 18.2 Å². The van der Waals surface area contributed by atoms with Gasteiger partial charge in [0.25, 0.3) is 0 Å². The van der Waals surface area contributed by atoms with E-state index in [9.17, 15) is 4.39 Å². The van der Waals surface area contributed by atoms with E-state index in [4.69, 9.17) is 0 Å². The van der Waals surface area contributed by atoms with Gasteiger partial charge in [-0.3, -0.25) is 4.90 Å². The minimum atomic E-state index is -0.374. The van der Waals surface area contributed by atoms with E-state index < -0.39 is 0 Å². The van der Waals surface area contributed by atoms with Crippen LogP contribution in [-0.2, 0) is 0 Å². The van der Waals surface area contributed by atoms with Gasteiger partial charge in [0, 0.05) is 37.8 Å². The van der Waals surface area contributed by atoms with Gasteiger partial charge in [0.15, 0.2) is 5.82 Å². The predicted octanol–water partition coefficient (Wildman–Crippen LogP) is 1.85. The Hall–Kier alpha value is -1.27. The van der Waals surface area contributed by atoms with Gasteiger partial charge in [0.2, 0.25) is 5.95 Å². The van der Waals surface area contributed by atoms with Crippen LogP contribution in [0.2, 0.25) is 0 Å². The Labute approximate surface area is 138 Å². The quantitative estimate of drug-likeness (QED) is 0.846. The predicted molar refractivity (Wildman–Crippen MR) is 90.0 cm³/mol. The number of halogens is 1. The molecule has 2 aliphatic rings. The molecule has 0 aliphatic carbocycles. The van der Waals surface area contributed by atoms with E-state index in [2.05, 4.69) is 52.6 Å². The van der Waals surface area contributed by atoms with Gasteiger partial charge in [-0.25, -0.2) is 14.4 Å². The number of fused-ring (bicyclic) bond motifs is 1. The van der Waals surface area contributed by atoms with Crippen molar-refractivity contribution < 1.29 is 4.39 Å². The summed E-state index contributed by atoms with van der Waals surface area (Å²) in [6.45, 7) is 7.65. The fraction of sp³-hybridized carbons (Fsp3) is 0.765. The summed E-state index contributed by atoms with van der Waals surface area (Å²) in [7, 11) is 4.30. The van der Waals surface area contributed by atoms with E-state index in [-0.39, 0.29) is 5.82 Å². The summed E-state index contributed by atoms with van der Waals surface area (Å²) < 4.78 is 13.0. The Bertz CT molecular complexity index is 518. The van der Waals surface area contributed by atoms with Gasteiger partial charge in [-0.15, -0.1) is 0 Å². The zero-order valence-electron chi connectivity index (χ0n) is 14.6. The Morgan fingerprint density at radius 1 is 1.30 bits per heavy atom. The van der Waals surface area contributed by atoms with Gasteiger partial charge in [0.1, 0.15) is 0 Å². The van der Waals surface area contributed by atoms with Crippen LogP contribution >= 0.6 is 0 Å². The van der Waals surface area contributed by atoms with Gasteiger partial charge < -0.3 is 9.80 Å². The number of likely N-dealkylation sites (tertiary alicyclic amines) is 1. The lowest BCUT2D eigenvalue weighted by atomic mass is 9.92. The highest BCUT2D eigenvalue weighted by atomic mass is 19.1. The topological polar surface area (TPSA) is 35.5 Å². The molecular weight excluding hydrogens is 293 g/mol. The maximum atomic E-state index is 13.0. The summed E-state index contributed by atoms with van der Waals surface area (Å²) in [5.74, 6) is 0.934. The number of hydrogen-bond acceptors (Lipinski definition) is 5. The molecule has 1 aromatic heterocycles. The van der Waals surface area contributed by atoms with Crippen molar-refractivity contribution in [3.63, 3.8) is 0 Å². The molecule has 0 spiro atoms. The van der Waals surface area contributed by atoms with Crippen molar-refractivity contribution in [3.8, 4) is 0 Å². The minimum absolute atomic E-state index is 0.374. The van der Waals surface area contributed by atoms with Crippen LogP contribution in [0.15, 0.2) is 12.4 Å². The second-order valence-electron chi connectivity index (χ2n) is 7.46. The minimum Gasteiger partial charge on any atom is -0.340 e. The molecule has 0 amide bonds. The van der Waals surface area contributed by atoms with Crippen molar-refractivity contribution in [2.75, 3.05) is 38.6 Å². The first-order valence-corrected chi connectivity index (χ1v) is 8.60. The summed E-state index contributed by atoms with van der Waals surface area (Å²) in [5, 5.41) is 0. The van der Waals surface area contributed by atoms with E-state index in [1.54, 1.807) is 0 Å². The summed E-state index contributed by atoms with van der Waals surface area (Å²) in [4.78, 5) is 15.5. The molecule has 5 nitrogen and oxygen atoms in total. The first-order valence-electron chi connectivity index (χ1n) is 8.60. The molecule has 0 bridgehead atoms. The van der Waals surface area contributed by atoms with Gasteiger partial charge in [0.05, 0.1) is 12.4 Å². The molecule has 23 heavy (non-hydrogen) atoms. The molecule has 0 N–H and O–H groups in total. The second-order valence-corrected chi connectivity index (χ2v) is 7.46. The summed E-state index contributed by atoms with van der Waals surface area (Å²) >= 11 is 0. The molecule has 3 atom stereocenters. The first kappa shape index (κ1) is 16.6. The first-order chi connectivity index (χ1) is 11.0. The van der Waals surface area contributed by atoms with E-state index in [1.165, 1.54) is 18.8 Å². The fourth-order valence-corrected chi connectivity index (χ4v) is 4.43. The number of piperidine rings is 1. The Balaban J connectivity index is 1.72. The maximum absolute atomic E-state index is 13.0. The highest BCUT2D eigenvalue weighted by Gasteiger charge is 2.45. The number of nitrogens with zero attached hydrogens (tertiary/aromatic N) is 5. The number of anilines is 1. The van der Waals surface area contributed by atoms with Crippen LogP contribution in [0.25, 0.3) is 0 Å². The monoisotopic (exact) mass is 321 g/mol. The third-order valence-corrected chi connectivity index (χ3v) is 5.13. The molecule has 3 heterocycles. The largest absolute Gasteiger partial charge is 0.340 e. The van der Waals surface area contributed by atoms with Gasteiger partial charge >= 0.3 is 0 Å². The zero-order valence-corrected chi connectivity index (χ0v) is 14.6. The van der Waals surface area contributed by atoms with E-state index in [1.807, 2.05) is 0 Å². The second kappa shape index (κ2) is 6.69. The molecule has 2 aliphatic heterocycles. The van der Waals surface area contributed by atoms with Crippen LogP contribution in [0.3, 0.4) is 0 Å². The molecule has 6 heteroatoms. The Kier molecular flexibility index (Phi) is 4.82. The molecule has 0 saturated carbocycles. The van der Waals surface area contributed by atoms with Gasteiger partial charge in [-0.1, -0.05) is 0 Å². The zero-order chi connectivity index (χ0) is 16.6. The third kappa shape index (κ3) is 3.48. The molecule has 1 aromatic rings. The molecule has 0 aromatic carbocycles. The van der Waals surface area contributed by atoms with Crippen molar-refractivity contribution in [2.45, 2.75) is 44.8 Å². The molecule has 2 saturated heterocycles. The average Bonchev–Trinajstić information content (AvgIpc) is 2.84. The molecule has 128 valence electrons. The molecule has 3 rings (SSSR count). The molecule has 2 fully saturated rings. The maximum Gasteiger partial charge on any atom is 0.225 e. The number of aromatic nitrogens is 2. The Morgan fingerprint density at radius 3 is 2.61 bits per heavy atom. The summed E-state index contributed by atoms with van der Waals surface area (Å²) in [6.07, 6.45) is 4.88. The standard InChI is InChI=1S/C17H28FN5/c1-12(2)23-15(11-21(3)4)7-13-10-22(6-5-16(13)23)17-19-8-14(18)9-20-17/h8-9,12-13,15-16H,5-7,10-11H2,1-4H3/t13?,15-,16?/m0/s1. The van der Waals surface area contributed by atoms with Crippen molar-refractivity contribution in [2.24, 2.45) is 5.92 Å². The number of likely N-dealkylation sites (N-methyl/N-ethyl adjacent to an activating group) is 1. The van der Waals surface area contributed by atoms with Crippen molar-refractivity contribution in [1.29, 1.82) is 0 Å². The van der Waals surface area contributed by atoms with Crippen LogP contribution in [-0.4, -0.2) is 71.6 Å². The smallest absolute Gasteiger partial charge is 0.225 e. The van der Waals surface area contributed by atoms with Crippen LogP contribution in [0.4, 0.5) is 10.3 Å². The van der Waals surface area contributed by atoms with Crippen LogP contribution in [0, 0.1) is 11.7 Å². The van der Waals surface area contributed by atoms with E-state index in [0.29, 0.717) is 30.0 Å². The number of rotatable bonds is 4. The normalized spacial score (nSPS) is 28.7. The highest BCUT2D eigenvalue weighted by molar-refractivity contribution is 5.30. The SMILES string of the molecule is CC(C)N1C2CCN(c3ncc(F)cn3)CC2C[C@H]1CN(C)C. The van der Waals surface area contributed by atoms with E-state index in [0.717, 1.165) is 26.1 Å². The lowest BCUT2D eigenvalue weighted by molar-refractivity contribution is 0.109. The summed E-state index contributed by atoms with van der Waals surface area (Å²) in [6, 6.07) is 1.84. The van der Waals surface area contributed by atoms with E-state index >= 15 is 0 Å². The number of hydrogen-bond donors (Lipinski definition) is 0. The van der Waals surface area contributed by atoms with Crippen LogP contribution < -0.4 is 4.90 Å². The van der Waals surface area contributed by atoms with Crippen LogP contribution in [0.5, 0.6) is 0 Å². The Morgan fingerprint density at radius 2 is 2.00 bits per heavy atom. The molecule has 0 radical (unpaired) electrons. The third-order valence-electron chi connectivity index (χ3n) is 5.13. The fourth-order valence-electron chi connectivity index (χ4n) is 4.43.